The Bertz CT molecular complexity index is 924. The van der Waals surface area contributed by atoms with E-state index in [4.69, 9.17) is 0 Å². The molecule has 0 spiro atoms. The summed E-state index contributed by atoms with van der Waals surface area (Å²) < 4.78 is 1.48. The van der Waals surface area contributed by atoms with Crippen molar-refractivity contribution < 1.29 is 9.59 Å². The van der Waals surface area contributed by atoms with Crippen LogP contribution in [0.3, 0.4) is 0 Å². The molecule has 0 aliphatic carbocycles. The monoisotopic (exact) mass is 395 g/mol. The van der Waals surface area contributed by atoms with E-state index < -0.39 is 6.04 Å². The van der Waals surface area contributed by atoms with Gasteiger partial charge in [0.1, 0.15) is 18.7 Å². The first-order valence-electron chi connectivity index (χ1n) is 8.71. The maximum Gasteiger partial charge on any atom is 0.255 e. The number of amides is 2. The van der Waals surface area contributed by atoms with Crippen molar-refractivity contribution in [3.05, 3.63) is 72.3 Å². The van der Waals surface area contributed by atoms with Crippen LogP contribution in [0, 0.1) is 0 Å². The average molecular weight is 395 g/mol. The number of aromatic nitrogens is 3. The largest absolute Gasteiger partial charge is 0.324 e. The molecule has 0 fully saturated rings. The Balaban J connectivity index is 1.58. The molecular formula is C20H21N5O2S. The summed E-state index contributed by atoms with van der Waals surface area (Å²) in [5.41, 5.74) is 3.07. The molecule has 2 amide bonds. The number of hydrogen-bond donors (Lipinski definition) is 2. The number of nitrogens with zero attached hydrogens (tertiary/aromatic N) is 3. The highest BCUT2D eigenvalue weighted by Crippen LogP contribution is 2.17. The molecule has 1 atom stereocenters. The topological polar surface area (TPSA) is 88.9 Å². The molecule has 0 saturated heterocycles. The van der Waals surface area contributed by atoms with Crippen molar-refractivity contribution >= 4 is 35.0 Å². The predicted molar refractivity (Wildman–Crippen MR) is 111 cm³/mol. The quantitative estimate of drug-likeness (QED) is 0.638. The third-order valence-electron chi connectivity index (χ3n) is 4.15. The summed E-state index contributed by atoms with van der Waals surface area (Å²) in [6, 6.07) is 14.1. The molecule has 0 bridgehead atoms. The van der Waals surface area contributed by atoms with Crippen LogP contribution < -0.4 is 10.6 Å². The van der Waals surface area contributed by atoms with E-state index >= 15 is 0 Å². The second-order valence-corrected chi connectivity index (χ2v) is 7.07. The van der Waals surface area contributed by atoms with Crippen molar-refractivity contribution in [3.63, 3.8) is 0 Å². The Morgan fingerprint density at radius 3 is 2.25 bits per heavy atom. The van der Waals surface area contributed by atoms with Crippen LogP contribution in [0.2, 0.25) is 0 Å². The summed E-state index contributed by atoms with van der Waals surface area (Å²) in [7, 11) is 0. The number of carbonyl (C=O) groups is 2. The maximum absolute atomic E-state index is 12.4. The van der Waals surface area contributed by atoms with Gasteiger partial charge >= 0.3 is 0 Å². The summed E-state index contributed by atoms with van der Waals surface area (Å²) in [6.07, 6.45) is 4.93. The lowest BCUT2D eigenvalue weighted by molar-refractivity contribution is -0.119. The van der Waals surface area contributed by atoms with Gasteiger partial charge < -0.3 is 10.6 Å². The first kappa shape index (κ1) is 19.6. The van der Waals surface area contributed by atoms with Crippen molar-refractivity contribution in [1.82, 2.24) is 14.8 Å². The SMILES string of the molecule is CSCc1ccc(C(=O)Nc2ccc(NC(=O)[C@H](C)n3cncn3)cc2)cc1. The second kappa shape index (κ2) is 9.18. The standard InChI is InChI=1S/C20H21N5O2S/c1-14(25-13-21-12-22-25)19(26)23-17-7-9-18(10-8-17)24-20(27)16-5-3-15(4-6-16)11-28-2/h3-10,12-14H,11H2,1-2H3,(H,23,26)(H,24,27)/t14-/m0/s1. The van der Waals surface area contributed by atoms with Crippen molar-refractivity contribution in [2.45, 2.75) is 18.7 Å². The molecule has 7 nitrogen and oxygen atoms in total. The Kier molecular flexibility index (Phi) is 6.44. The lowest BCUT2D eigenvalue weighted by Gasteiger charge is -2.12. The van der Waals surface area contributed by atoms with Crippen LogP contribution in [0.15, 0.2) is 61.2 Å². The normalized spacial score (nSPS) is 11.6. The van der Waals surface area contributed by atoms with E-state index in [1.807, 2.05) is 30.5 Å². The van der Waals surface area contributed by atoms with E-state index in [-0.39, 0.29) is 11.8 Å². The maximum atomic E-state index is 12.4. The minimum absolute atomic E-state index is 0.174. The molecule has 0 saturated carbocycles. The number of hydrogen-bond acceptors (Lipinski definition) is 5. The van der Waals surface area contributed by atoms with Crippen LogP contribution in [0.5, 0.6) is 0 Å². The third-order valence-corrected chi connectivity index (χ3v) is 4.77. The zero-order chi connectivity index (χ0) is 19.9. The first-order chi connectivity index (χ1) is 13.6. The van der Waals surface area contributed by atoms with Crippen molar-refractivity contribution in [2.75, 3.05) is 16.9 Å². The summed E-state index contributed by atoms with van der Waals surface area (Å²) in [5, 5.41) is 9.64. The van der Waals surface area contributed by atoms with Crippen LogP contribution in [-0.2, 0) is 10.5 Å². The highest BCUT2D eigenvalue weighted by Gasteiger charge is 2.15. The Morgan fingerprint density at radius 2 is 1.68 bits per heavy atom. The Hall–Kier alpha value is -3.13. The van der Waals surface area contributed by atoms with E-state index in [1.165, 1.54) is 22.9 Å². The molecule has 2 N–H and O–H groups in total. The molecule has 0 radical (unpaired) electrons. The van der Waals surface area contributed by atoms with E-state index in [2.05, 4.69) is 20.7 Å². The highest BCUT2D eigenvalue weighted by atomic mass is 32.2. The molecule has 3 rings (SSSR count). The van der Waals surface area contributed by atoms with Crippen LogP contribution in [0.1, 0.15) is 28.9 Å². The fourth-order valence-corrected chi connectivity index (χ4v) is 3.07. The van der Waals surface area contributed by atoms with Crippen LogP contribution in [0.4, 0.5) is 11.4 Å². The van der Waals surface area contributed by atoms with Crippen LogP contribution >= 0.6 is 11.8 Å². The average Bonchev–Trinajstić information content (AvgIpc) is 3.24. The molecule has 144 valence electrons. The van der Waals surface area contributed by atoms with Crippen molar-refractivity contribution in [3.8, 4) is 0 Å². The zero-order valence-corrected chi connectivity index (χ0v) is 16.4. The van der Waals surface area contributed by atoms with Crippen LogP contribution in [0.25, 0.3) is 0 Å². The fourth-order valence-electron chi connectivity index (χ4n) is 2.54. The summed E-state index contributed by atoms with van der Waals surface area (Å²) in [5.74, 6) is 0.546. The number of nitrogens with one attached hydrogen (secondary N) is 2. The van der Waals surface area contributed by atoms with Crippen LogP contribution in [-0.4, -0.2) is 32.8 Å². The summed E-state index contributed by atoms with van der Waals surface area (Å²) >= 11 is 1.74. The van der Waals surface area contributed by atoms with Gasteiger partial charge in [-0.2, -0.15) is 16.9 Å². The number of benzene rings is 2. The van der Waals surface area contributed by atoms with Gasteiger partial charge in [0.15, 0.2) is 0 Å². The molecule has 2 aromatic carbocycles. The minimum atomic E-state index is -0.476. The van der Waals surface area contributed by atoms with Gasteiger partial charge in [-0.05, 0) is 55.1 Å². The van der Waals surface area contributed by atoms with E-state index in [0.717, 1.165) is 5.75 Å². The first-order valence-corrected chi connectivity index (χ1v) is 10.1. The number of carbonyl (C=O) groups excluding carboxylic acids is 2. The third kappa shape index (κ3) is 4.98. The van der Waals surface area contributed by atoms with Gasteiger partial charge in [0, 0.05) is 22.7 Å². The predicted octanol–water partition coefficient (Wildman–Crippen LogP) is 3.59. The van der Waals surface area contributed by atoms with E-state index in [1.54, 1.807) is 43.0 Å². The fraction of sp³-hybridized carbons (Fsp3) is 0.200. The molecule has 0 aliphatic rings. The van der Waals surface area contributed by atoms with Gasteiger partial charge in [-0.15, -0.1) is 0 Å². The lowest BCUT2D eigenvalue weighted by Crippen LogP contribution is -2.24. The van der Waals surface area contributed by atoms with Gasteiger partial charge in [0.2, 0.25) is 5.91 Å². The zero-order valence-electron chi connectivity index (χ0n) is 15.6. The van der Waals surface area contributed by atoms with E-state index in [0.29, 0.717) is 16.9 Å². The second-order valence-electron chi connectivity index (χ2n) is 6.20. The highest BCUT2D eigenvalue weighted by molar-refractivity contribution is 7.97. The number of anilines is 2. The van der Waals surface area contributed by atoms with Gasteiger partial charge in [0.05, 0.1) is 0 Å². The van der Waals surface area contributed by atoms with E-state index in [9.17, 15) is 9.59 Å². The van der Waals surface area contributed by atoms with Gasteiger partial charge in [-0.1, -0.05) is 12.1 Å². The number of rotatable bonds is 7. The molecule has 1 aromatic heterocycles. The molecule has 28 heavy (non-hydrogen) atoms. The summed E-state index contributed by atoms with van der Waals surface area (Å²) in [4.78, 5) is 28.5. The molecule has 0 unspecified atom stereocenters. The number of thioether (sulfide) groups is 1. The van der Waals surface area contributed by atoms with Gasteiger partial charge in [-0.3, -0.25) is 9.59 Å². The van der Waals surface area contributed by atoms with Crippen molar-refractivity contribution in [1.29, 1.82) is 0 Å². The van der Waals surface area contributed by atoms with Crippen molar-refractivity contribution in [2.24, 2.45) is 0 Å². The molecule has 0 aliphatic heterocycles. The minimum Gasteiger partial charge on any atom is -0.324 e. The lowest BCUT2D eigenvalue weighted by atomic mass is 10.1. The molecular weight excluding hydrogens is 374 g/mol. The Morgan fingerprint density at radius 1 is 1.04 bits per heavy atom. The molecule has 8 heteroatoms. The van der Waals surface area contributed by atoms with Gasteiger partial charge in [-0.25, -0.2) is 9.67 Å². The Labute approximate surface area is 167 Å². The summed E-state index contributed by atoms with van der Waals surface area (Å²) in [6.45, 7) is 1.74. The van der Waals surface area contributed by atoms with Gasteiger partial charge in [0.25, 0.3) is 5.91 Å². The molecule has 3 aromatic rings. The smallest absolute Gasteiger partial charge is 0.255 e. The molecule has 1 heterocycles.